The van der Waals surface area contributed by atoms with Crippen LogP contribution in [0.4, 0.5) is 5.82 Å². The third kappa shape index (κ3) is 3.66. The first-order valence-electron chi connectivity index (χ1n) is 7.06. The number of hydrogen-bond acceptors (Lipinski definition) is 5. The highest BCUT2D eigenvalue weighted by Crippen LogP contribution is 2.11. The molecule has 1 aliphatic rings. The Morgan fingerprint density at radius 2 is 1.90 bits per heavy atom. The Kier molecular flexibility index (Phi) is 4.54. The molecule has 0 aliphatic carbocycles. The second-order valence-corrected chi connectivity index (χ2v) is 5.58. The van der Waals surface area contributed by atoms with Gasteiger partial charge in [-0.2, -0.15) is 0 Å². The van der Waals surface area contributed by atoms with E-state index in [1.807, 2.05) is 25.7 Å². The zero-order valence-corrected chi connectivity index (χ0v) is 12.7. The van der Waals surface area contributed by atoms with Gasteiger partial charge in [0.15, 0.2) is 0 Å². The number of carbonyl (C=O) groups is 1. The van der Waals surface area contributed by atoms with Gasteiger partial charge in [-0.3, -0.25) is 4.79 Å². The molecule has 0 aromatic carbocycles. The molecule has 0 atom stereocenters. The number of amides is 1. The van der Waals surface area contributed by atoms with Crippen molar-refractivity contribution in [3.8, 4) is 0 Å². The van der Waals surface area contributed by atoms with Crippen LogP contribution in [0.25, 0.3) is 0 Å². The molecule has 1 amide bonds. The Hall–Kier alpha value is -1.69. The van der Waals surface area contributed by atoms with Crippen molar-refractivity contribution in [1.82, 2.24) is 19.8 Å². The van der Waals surface area contributed by atoms with Gasteiger partial charge in [0.05, 0.1) is 0 Å². The summed E-state index contributed by atoms with van der Waals surface area (Å²) in [7, 11) is 2.07. The molecule has 1 fully saturated rings. The quantitative estimate of drug-likeness (QED) is 0.893. The van der Waals surface area contributed by atoms with E-state index in [-0.39, 0.29) is 11.9 Å². The number of anilines is 1. The molecule has 1 aliphatic heterocycles. The van der Waals surface area contributed by atoms with Crippen LogP contribution in [0.5, 0.6) is 0 Å². The van der Waals surface area contributed by atoms with Gasteiger partial charge >= 0.3 is 0 Å². The zero-order chi connectivity index (χ0) is 14.7. The molecule has 1 saturated heterocycles. The highest BCUT2D eigenvalue weighted by molar-refractivity contribution is 5.93. The van der Waals surface area contributed by atoms with Gasteiger partial charge in [0, 0.05) is 38.3 Å². The molecule has 0 bridgehead atoms. The lowest BCUT2D eigenvalue weighted by Crippen LogP contribution is -2.47. The Bertz CT molecular complexity index is 480. The molecular weight excluding hydrogens is 254 g/mol. The normalized spacial score (nSPS) is 16.6. The van der Waals surface area contributed by atoms with Crippen molar-refractivity contribution in [3.63, 3.8) is 0 Å². The molecule has 6 heteroatoms. The highest BCUT2D eigenvalue weighted by atomic mass is 16.2. The molecule has 1 aromatic heterocycles. The van der Waals surface area contributed by atoms with E-state index in [1.165, 1.54) is 0 Å². The number of carbonyl (C=O) groups excluding carboxylic acids is 1. The van der Waals surface area contributed by atoms with Gasteiger partial charge in [0.2, 0.25) is 0 Å². The van der Waals surface area contributed by atoms with Crippen LogP contribution in [-0.4, -0.2) is 64.9 Å². The number of likely N-dealkylation sites (N-methyl/N-ethyl adjacent to an activating group) is 1. The number of hydrogen-bond donors (Lipinski definition) is 1. The summed E-state index contributed by atoms with van der Waals surface area (Å²) in [5.74, 6) is 1.33. The Labute approximate surface area is 120 Å². The van der Waals surface area contributed by atoms with Crippen molar-refractivity contribution in [2.45, 2.75) is 26.8 Å². The van der Waals surface area contributed by atoms with E-state index in [4.69, 9.17) is 0 Å². The maximum Gasteiger partial charge on any atom is 0.272 e. The summed E-state index contributed by atoms with van der Waals surface area (Å²) in [5.41, 5.74) is 0.477. The van der Waals surface area contributed by atoms with Gasteiger partial charge in [0.25, 0.3) is 5.91 Å². The largest absolute Gasteiger partial charge is 0.368 e. The van der Waals surface area contributed by atoms with Crippen LogP contribution in [0.2, 0.25) is 0 Å². The summed E-state index contributed by atoms with van der Waals surface area (Å²) in [6.07, 6.45) is 0. The van der Waals surface area contributed by atoms with Crippen LogP contribution in [0.3, 0.4) is 0 Å². The Balaban J connectivity index is 2.14. The monoisotopic (exact) mass is 277 g/mol. The van der Waals surface area contributed by atoms with Crippen LogP contribution in [0.1, 0.15) is 30.2 Å². The summed E-state index contributed by atoms with van der Waals surface area (Å²) >= 11 is 0. The molecule has 1 aromatic rings. The molecule has 0 saturated carbocycles. The Morgan fingerprint density at radius 1 is 1.25 bits per heavy atom. The molecule has 0 spiro atoms. The molecule has 2 heterocycles. The number of nitrogens with zero attached hydrogens (tertiary/aromatic N) is 4. The van der Waals surface area contributed by atoms with E-state index in [0.29, 0.717) is 17.3 Å². The van der Waals surface area contributed by atoms with Crippen LogP contribution in [0, 0.1) is 6.92 Å². The maximum absolute atomic E-state index is 12.5. The lowest BCUT2D eigenvalue weighted by Gasteiger charge is -2.32. The smallest absolute Gasteiger partial charge is 0.272 e. The molecule has 0 radical (unpaired) electrons. The van der Waals surface area contributed by atoms with Crippen molar-refractivity contribution in [2.24, 2.45) is 0 Å². The number of aromatic nitrogens is 2. The number of aryl methyl sites for hydroxylation is 1. The van der Waals surface area contributed by atoms with Gasteiger partial charge in [-0.15, -0.1) is 0 Å². The summed E-state index contributed by atoms with van der Waals surface area (Å²) < 4.78 is 0. The Morgan fingerprint density at radius 3 is 2.50 bits per heavy atom. The predicted molar refractivity (Wildman–Crippen MR) is 78.9 cm³/mol. The van der Waals surface area contributed by atoms with Crippen LogP contribution >= 0.6 is 0 Å². The molecule has 20 heavy (non-hydrogen) atoms. The average Bonchev–Trinajstić information content (AvgIpc) is 2.37. The number of piperazine rings is 1. The van der Waals surface area contributed by atoms with Crippen molar-refractivity contribution in [3.05, 3.63) is 17.6 Å². The van der Waals surface area contributed by atoms with E-state index < -0.39 is 0 Å². The number of nitrogens with one attached hydrogen (secondary N) is 1. The first kappa shape index (κ1) is 14.7. The van der Waals surface area contributed by atoms with E-state index in [1.54, 1.807) is 6.07 Å². The van der Waals surface area contributed by atoms with Crippen molar-refractivity contribution >= 4 is 11.7 Å². The van der Waals surface area contributed by atoms with Crippen molar-refractivity contribution in [1.29, 1.82) is 0 Å². The lowest BCUT2D eigenvalue weighted by atomic mass is 10.2. The van der Waals surface area contributed by atoms with Crippen LogP contribution in [-0.2, 0) is 0 Å². The fourth-order valence-corrected chi connectivity index (χ4v) is 2.22. The van der Waals surface area contributed by atoms with Gasteiger partial charge < -0.3 is 15.1 Å². The summed E-state index contributed by atoms with van der Waals surface area (Å²) in [4.78, 5) is 25.2. The second-order valence-electron chi connectivity index (χ2n) is 5.58. The fraction of sp³-hybridized carbons (Fsp3) is 0.643. The topological polar surface area (TPSA) is 61.4 Å². The van der Waals surface area contributed by atoms with Crippen molar-refractivity contribution in [2.75, 3.05) is 38.5 Å². The average molecular weight is 277 g/mol. The van der Waals surface area contributed by atoms with E-state index >= 15 is 0 Å². The van der Waals surface area contributed by atoms with Gasteiger partial charge in [-0.1, -0.05) is 0 Å². The fourth-order valence-electron chi connectivity index (χ4n) is 2.22. The minimum absolute atomic E-state index is 0.00425. The molecule has 6 nitrogen and oxygen atoms in total. The summed E-state index contributed by atoms with van der Waals surface area (Å²) in [5, 5.41) is 3.22. The standard InChI is InChI=1S/C14H23N5O/c1-10(2)15-13-9-12(16-11(3)17-13)14(20)19-7-5-18(4)6-8-19/h9-10H,5-8H2,1-4H3,(H,15,16,17). The summed E-state index contributed by atoms with van der Waals surface area (Å²) in [6, 6.07) is 2.02. The van der Waals surface area contributed by atoms with Crippen LogP contribution in [0.15, 0.2) is 6.07 Å². The summed E-state index contributed by atoms with van der Waals surface area (Å²) in [6.45, 7) is 9.22. The van der Waals surface area contributed by atoms with Gasteiger partial charge in [-0.05, 0) is 27.8 Å². The minimum Gasteiger partial charge on any atom is -0.368 e. The minimum atomic E-state index is -0.00425. The highest BCUT2D eigenvalue weighted by Gasteiger charge is 2.22. The lowest BCUT2D eigenvalue weighted by molar-refractivity contribution is 0.0658. The van der Waals surface area contributed by atoms with Crippen molar-refractivity contribution < 1.29 is 4.79 Å². The van der Waals surface area contributed by atoms with Crippen LogP contribution < -0.4 is 5.32 Å². The first-order valence-corrected chi connectivity index (χ1v) is 7.06. The molecule has 2 rings (SSSR count). The molecule has 0 unspecified atom stereocenters. The number of rotatable bonds is 3. The molecule has 110 valence electrons. The molecular formula is C14H23N5O. The van der Waals surface area contributed by atoms with Gasteiger partial charge in [-0.25, -0.2) is 9.97 Å². The van der Waals surface area contributed by atoms with Gasteiger partial charge in [0.1, 0.15) is 17.3 Å². The third-order valence-corrected chi connectivity index (χ3v) is 3.28. The third-order valence-electron chi connectivity index (χ3n) is 3.28. The van der Waals surface area contributed by atoms with E-state index in [2.05, 4.69) is 27.2 Å². The predicted octanol–water partition coefficient (Wildman–Crippen LogP) is 0.993. The first-order chi connectivity index (χ1) is 9.45. The zero-order valence-electron chi connectivity index (χ0n) is 12.7. The van der Waals surface area contributed by atoms with E-state index in [0.717, 1.165) is 26.2 Å². The SMILES string of the molecule is Cc1nc(NC(C)C)cc(C(=O)N2CCN(C)CC2)n1. The van der Waals surface area contributed by atoms with E-state index in [9.17, 15) is 4.79 Å². The molecule has 1 N–H and O–H groups in total. The second kappa shape index (κ2) is 6.17. The maximum atomic E-state index is 12.5.